The predicted octanol–water partition coefficient (Wildman–Crippen LogP) is -3.44. The van der Waals surface area contributed by atoms with Gasteiger partial charge in [-0.05, 0) is 42.5 Å². The Balaban J connectivity index is 0.00000253. The lowest BCUT2D eigenvalue weighted by molar-refractivity contribution is -0.869. The zero-order chi connectivity index (χ0) is 29.9. The van der Waals surface area contributed by atoms with Gasteiger partial charge in [0.2, 0.25) is 0 Å². The maximum atomic E-state index is 14.0. The van der Waals surface area contributed by atoms with Crippen molar-refractivity contribution in [2.45, 2.75) is 0 Å². The molecule has 0 spiro atoms. The van der Waals surface area contributed by atoms with Gasteiger partial charge in [0.15, 0.2) is 0 Å². The molecule has 0 bridgehead atoms. The SMILES string of the molecule is C[N+](C)(C)CCN1C(=O)c2ccc3c4c(c(C#Cc5ccc(O)cc5)cc(c24)C1=O)C(=O)N(CC[N+](C)(C)C)C3=O.[I-].[I-]. The highest BCUT2D eigenvalue weighted by atomic mass is 127. The van der Waals surface area contributed by atoms with Crippen LogP contribution in [0, 0.1) is 11.8 Å². The van der Waals surface area contributed by atoms with E-state index in [-0.39, 0.29) is 83.5 Å². The third-order valence-electron chi connectivity index (χ3n) is 7.37. The average molecular weight is 808 g/mol. The highest BCUT2D eigenvalue weighted by molar-refractivity contribution is 6.34. The maximum absolute atomic E-state index is 14.0. The van der Waals surface area contributed by atoms with E-state index in [1.807, 2.05) is 42.3 Å². The van der Waals surface area contributed by atoms with Crippen LogP contribution >= 0.6 is 0 Å². The molecule has 0 radical (unpaired) electrons. The molecule has 2 aliphatic rings. The molecule has 2 heterocycles. The van der Waals surface area contributed by atoms with Crippen LogP contribution in [0.3, 0.4) is 0 Å². The summed E-state index contributed by atoms with van der Waals surface area (Å²) >= 11 is 0. The van der Waals surface area contributed by atoms with Crippen molar-refractivity contribution in [2.24, 2.45) is 0 Å². The monoisotopic (exact) mass is 808 g/mol. The molecule has 0 atom stereocenters. The Morgan fingerprint density at radius 1 is 0.628 bits per heavy atom. The second kappa shape index (κ2) is 12.5. The Morgan fingerprint density at radius 3 is 1.60 bits per heavy atom. The van der Waals surface area contributed by atoms with Crippen molar-refractivity contribution in [3.8, 4) is 17.6 Å². The number of nitrogens with zero attached hydrogens (tertiary/aromatic N) is 4. The molecule has 0 unspecified atom stereocenters. The number of benzene rings is 3. The number of hydrogen-bond donors (Lipinski definition) is 1. The molecule has 3 aromatic rings. The van der Waals surface area contributed by atoms with E-state index >= 15 is 0 Å². The summed E-state index contributed by atoms with van der Waals surface area (Å²) in [5.41, 5.74) is 1.94. The zero-order valence-corrected chi connectivity index (χ0v) is 29.3. The maximum Gasteiger partial charge on any atom is 0.262 e. The van der Waals surface area contributed by atoms with Crippen molar-refractivity contribution >= 4 is 34.4 Å². The van der Waals surface area contributed by atoms with Crippen molar-refractivity contribution in [1.82, 2.24) is 9.80 Å². The number of phenols is 1. The van der Waals surface area contributed by atoms with Crippen LogP contribution in [0.15, 0.2) is 42.5 Å². The van der Waals surface area contributed by atoms with Crippen LogP contribution in [0.1, 0.15) is 52.6 Å². The van der Waals surface area contributed by atoms with Crippen LogP contribution in [-0.4, -0.2) is 116 Å². The van der Waals surface area contributed by atoms with Gasteiger partial charge < -0.3 is 62.0 Å². The molecular weight excluding hydrogens is 774 g/mol. The molecule has 3 aromatic carbocycles. The van der Waals surface area contributed by atoms with Gasteiger partial charge in [-0.3, -0.25) is 29.0 Å². The quantitative estimate of drug-likeness (QED) is 0.121. The molecular formula is C32H34I2N4O5. The van der Waals surface area contributed by atoms with Crippen molar-refractivity contribution in [3.05, 3.63) is 75.8 Å². The molecule has 43 heavy (non-hydrogen) atoms. The Morgan fingerprint density at radius 2 is 1.09 bits per heavy atom. The molecule has 1 N–H and O–H groups in total. The van der Waals surface area contributed by atoms with Gasteiger partial charge in [0.25, 0.3) is 23.6 Å². The predicted molar refractivity (Wildman–Crippen MR) is 155 cm³/mol. The Hall–Kier alpha value is -3.06. The van der Waals surface area contributed by atoms with E-state index in [1.165, 1.54) is 21.9 Å². The van der Waals surface area contributed by atoms with Crippen molar-refractivity contribution in [2.75, 3.05) is 68.5 Å². The number of quaternary nitrogens is 2. The van der Waals surface area contributed by atoms with E-state index in [4.69, 9.17) is 0 Å². The number of aromatic hydroxyl groups is 1. The lowest BCUT2D eigenvalue weighted by atomic mass is 9.83. The lowest BCUT2D eigenvalue weighted by Gasteiger charge is -2.34. The van der Waals surface area contributed by atoms with Crippen LogP contribution in [0.25, 0.3) is 10.8 Å². The fraction of sp³-hybridized carbons (Fsp3) is 0.312. The van der Waals surface area contributed by atoms with Gasteiger partial charge in [-0.1, -0.05) is 11.8 Å². The number of carbonyl (C=O) groups excluding carboxylic acids is 4. The normalized spacial score (nSPS) is 14.3. The third kappa shape index (κ3) is 6.72. The number of hydrogen-bond acceptors (Lipinski definition) is 5. The number of phenolic OH excluding ortho intramolecular Hbond substituents is 1. The highest BCUT2D eigenvalue weighted by Gasteiger charge is 2.41. The molecule has 0 fully saturated rings. The van der Waals surface area contributed by atoms with Crippen molar-refractivity contribution in [3.63, 3.8) is 0 Å². The van der Waals surface area contributed by atoms with E-state index in [0.29, 0.717) is 49.5 Å². The first kappa shape index (κ1) is 34.4. The molecule has 2 aliphatic heterocycles. The van der Waals surface area contributed by atoms with Gasteiger partial charge in [-0.2, -0.15) is 0 Å². The van der Waals surface area contributed by atoms with Crippen LogP contribution in [0.4, 0.5) is 0 Å². The summed E-state index contributed by atoms with van der Waals surface area (Å²) in [4.78, 5) is 57.5. The smallest absolute Gasteiger partial charge is 0.262 e. The summed E-state index contributed by atoms with van der Waals surface area (Å²) in [5, 5.41) is 10.3. The molecule has 226 valence electrons. The molecule has 0 saturated carbocycles. The minimum Gasteiger partial charge on any atom is -1.00 e. The standard InChI is InChI=1S/C32H33N4O5.2HI/c1-35(2,3)17-15-33-29(38)23-13-14-24-28-26(32(41)34(30(24)39)16-18-36(4,5)6)21(19-25(27(23)28)31(33)40)10-7-20-8-11-22(37)12-9-20;;/h8-9,11-14,19H,15-18H2,1-6H3;2*1H/q+1;;/p-1. The summed E-state index contributed by atoms with van der Waals surface area (Å²) < 4.78 is 1.11. The first-order chi connectivity index (χ1) is 19.2. The largest absolute Gasteiger partial charge is 1.00 e. The number of likely N-dealkylation sites (N-methyl/N-ethyl adjacent to an activating group) is 2. The number of rotatable bonds is 6. The van der Waals surface area contributed by atoms with Crippen LogP contribution in [-0.2, 0) is 0 Å². The van der Waals surface area contributed by atoms with Crippen LogP contribution in [0.2, 0.25) is 0 Å². The summed E-state index contributed by atoms with van der Waals surface area (Å²) in [7, 11) is 11.9. The van der Waals surface area contributed by atoms with E-state index in [0.717, 1.165) is 0 Å². The minimum atomic E-state index is -0.498. The van der Waals surface area contributed by atoms with Gasteiger partial charge in [-0.25, -0.2) is 0 Å². The Kier molecular flexibility index (Phi) is 10.0. The first-order valence-corrected chi connectivity index (χ1v) is 13.4. The Bertz CT molecular complexity index is 1710. The first-order valence-electron chi connectivity index (χ1n) is 13.4. The van der Waals surface area contributed by atoms with E-state index in [2.05, 4.69) is 11.8 Å². The number of carbonyl (C=O) groups is 4. The van der Waals surface area contributed by atoms with Gasteiger partial charge in [0.05, 0.1) is 74.0 Å². The number of imide groups is 2. The second-order valence-corrected chi connectivity index (χ2v) is 12.6. The van der Waals surface area contributed by atoms with Gasteiger partial charge in [0, 0.05) is 38.6 Å². The van der Waals surface area contributed by atoms with Gasteiger partial charge >= 0.3 is 0 Å². The highest BCUT2D eigenvalue weighted by Crippen LogP contribution is 2.39. The number of halogens is 2. The molecule has 5 rings (SSSR count). The van der Waals surface area contributed by atoms with Crippen molar-refractivity contribution < 1.29 is 81.2 Å². The molecule has 0 aliphatic carbocycles. The number of amides is 4. The summed E-state index contributed by atoms with van der Waals surface area (Å²) in [6.45, 7) is 1.51. The second-order valence-electron chi connectivity index (χ2n) is 12.6. The molecule has 0 saturated heterocycles. The van der Waals surface area contributed by atoms with E-state index in [9.17, 15) is 24.3 Å². The fourth-order valence-electron chi connectivity index (χ4n) is 5.06. The fourth-order valence-corrected chi connectivity index (χ4v) is 5.06. The topological polar surface area (TPSA) is 95.0 Å². The minimum absolute atomic E-state index is 0. The molecule has 9 nitrogen and oxygen atoms in total. The van der Waals surface area contributed by atoms with Crippen LogP contribution < -0.4 is 48.0 Å². The van der Waals surface area contributed by atoms with E-state index in [1.54, 1.807) is 30.3 Å². The van der Waals surface area contributed by atoms with Crippen molar-refractivity contribution in [1.29, 1.82) is 0 Å². The summed E-state index contributed by atoms with van der Waals surface area (Å²) in [6.07, 6.45) is 0. The van der Waals surface area contributed by atoms with Gasteiger partial charge in [0.1, 0.15) is 5.75 Å². The third-order valence-corrected chi connectivity index (χ3v) is 7.37. The van der Waals surface area contributed by atoms with Gasteiger partial charge in [-0.15, -0.1) is 0 Å². The molecule has 11 heteroatoms. The Labute approximate surface area is 285 Å². The lowest BCUT2D eigenvalue weighted by Crippen LogP contribution is -3.00. The van der Waals surface area contributed by atoms with E-state index < -0.39 is 23.6 Å². The average Bonchev–Trinajstić information content (AvgIpc) is 2.88. The zero-order valence-electron chi connectivity index (χ0n) is 25.0. The summed E-state index contributed by atoms with van der Waals surface area (Å²) in [6, 6.07) is 11.1. The molecule has 0 aromatic heterocycles. The summed E-state index contributed by atoms with van der Waals surface area (Å²) in [5.74, 6) is 4.32. The molecule has 4 amide bonds. The van der Waals surface area contributed by atoms with Crippen LogP contribution in [0.5, 0.6) is 5.75 Å².